The summed E-state index contributed by atoms with van der Waals surface area (Å²) in [4.78, 5) is 32.6. The number of rotatable bonds is 4. The molecule has 0 bridgehead atoms. The third-order valence-corrected chi connectivity index (χ3v) is 6.54. The van der Waals surface area contributed by atoms with Gasteiger partial charge in [0.2, 0.25) is 11.9 Å². The van der Waals surface area contributed by atoms with Crippen molar-refractivity contribution in [3.63, 3.8) is 0 Å². The smallest absolute Gasteiger partial charge is 0.487 e. The Kier molecular flexibility index (Phi) is 8.32. The second-order valence-corrected chi connectivity index (χ2v) is 9.29. The number of halogens is 4. The quantitative estimate of drug-likeness (QED) is 0.466. The van der Waals surface area contributed by atoms with Crippen molar-refractivity contribution in [3.05, 3.63) is 83.9 Å². The molecule has 12 heteroatoms. The number of amides is 1. The molecule has 2 aliphatic rings. The molecule has 8 nitrogen and oxygen atoms in total. The molecule has 2 aliphatic heterocycles. The van der Waals surface area contributed by atoms with Gasteiger partial charge in [-0.1, -0.05) is 30.3 Å². The zero-order valence-electron chi connectivity index (χ0n) is 20.7. The van der Waals surface area contributed by atoms with Gasteiger partial charge in [0.1, 0.15) is 17.2 Å². The average molecular weight is 547 g/mol. The highest BCUT2D eigenvalue weighted by Crippen LogP contribution is 2.44. The number of carbonyl (C=O) groups excluding carboxylic acids is 1. The van der Waals surface area contributed by atoms with Crippen molar-refractivity contribution in [1.82, 2.24) is 15.3 Å². The number of anilines is 1. The third kappa shape index (κ3) is 7.21. The number of fused-ring (bicyclic) bond motifs is 1. The summed E-state index contributed by atoms with van der Waals surface area (Å²) < 4.78 is 51.8. The van der Waals surface area contributed by atoms with Crippen molar-refractivity contribution in [2.75, 3.05) is 18.0 Å². The van der Waals surface area contributed by atoms with E-state index in [1.54, 1.807) is 24.5 Å². The van der Waals surface area contributed by atoms with Crippen molar-refractivity contribution in [2.45, 2.75) is 43.5 Å². The minimum absolute atomic E-state index is 0.123. The predicted molar refractivity (Wildman–Crippen MR) is 133 cm³/mol. The van der Waals surface area contributed by atoms with Crippen molar-refractivity contribution in [1.29, 1.82) is 0 Å². The summed E-state index contributed by atoms with van der Waals surface area (Å²) in [5.41, 5.74) is 1.30. The average Bonchev–Trinajstić information content (AvgIpc) is 2.89. The molecule has 0 aliphatic carbocycles. The predicted octanol–water partition coefficient (Wildman–Crippen LogP) is 4.47. The van der Waals surface area contributed by atoms with Gasteiger partial charge in [0.25, 0.3) is 0 Å². The number of hydrogen-bond acceptors (Lipinski definition) is 6. The first-order valence-corrected chi connectivity index (χ1v) is 12.2. The summed E-state index contributed by atoms with van der Waals surface area (Å²) in [6.07, 6.45) is 0.895. The van der Waals surface area contributed by atoms with Crippen LogP contribution in [0.3, 0.4) is 0 Å². The van der Waals surface area contributed by atoms with Crippen LogP contribution >= 0.6 is 0 Å². The Bertz CT molecular complexity index is 1300. The van der Waals surface area contributed by atoms with E-state index in [9.17, 15) is 22.4 Å². The molecular weight excluding hydrogens is 520 g/mol. The lowest BCUT2D eigenvalue weighted by Gasteiger charge is -2.47. The highest BCUT2D eigenvalue weighted by atomic mass is 19.4. The van der Waals surface area contributed by atoms with E-state index in [1.165, 1.54) is 12.1 Å². The van der Waals surface area contributed by atoms with Crippen molar-refractivity contribution in [3.8, 4) is 5.75 Å². The van der Waals surface area contributed by atoms with Crippen molar-refractivity contribution >= 4 is 17.8 Å². The number of piperidine rings is 1. The third-order valence-electron chi connectivity index (χ3n) is 6.54. The van der Waals surface area contributed by atoms with E-state index in [2.05, 4.69) is 20.2 Å². The summed E-state index contributed by atoms with van der Waals surface area (Å²) in [6.45, 7) is 1.58. The number of carboxylic acid groups (broad SMARTS) is 1. The maximum absolute atomic E-state index is 13.5. The van der Waals surface area contributed by atoms with Crippen molar-refractivity contribution < 1.29 is 37.0 Å². The first-order chi connectivity index (χ1) is 18.5. The molecule has 1 saturated heterocycles. The van der Waals surface area contributed by atoms with E-state index in [4.69, 9.17) is 14.6 Å². The number of hydrogen-bond donors (Lipinski definition) is 2. The number of ether oxygens (including phenoxy) is 1. The minimum atomic E-state index is -5.08. The summed E-state index contributed by atoms with van der Waals surface area (Å²) in [6, 6.07) is 15.7. The molecule has 0 saturated carbocycles. The lowest BCUT2D eigenvalue weighted by molar-refractivity contribution is -0.192. The SMILES string of the molecule is O=C(Cc1cccc(F)c1)NC1CC2(CCN(c3ncccn3)CC2)Oc2ccccc21.O=C(O)C(F)(F)F. The van der Waals surface area contributed by atoms with E-state index in [0.717, 1.165) is 43.2 Å². The van der Waals surface area contributed by atoms with Crippen molar-refractivity contribution in [2.24, 2.45) is 0 Å². The number of nitrogens with zero attached hydrogens (tertiary/aromatic N) is 3. The van der Waals surface area contributed by atoms with E-state index in [0.29, 0.717) is 12.0 Å². The fraction of sp³-hybridized carbons (Fsp3) is 0.333. The number of para-hydroxylation sites is 1. The Morgan fingerprint density at radius 1 is 1.05 bits per heavy atom. The molecule has 1 amide bonds. The van der Waals surface area contributed by atoms with E-state index in [1.807, 2.05) is 30.3 Å². The van der Waals surface area contributed by atoms with Gasteiger partial charge in [-0.15, -0.1) is 0 Å². The molecule has 5 rings (SSSR count). The topological polar surface area (TPSA) is 105 Å². The maximum atomic E-state index is 13.5. The van der Waals surface area contributed by atoms with Gasteiger partial charge < -0.3 is 20.1 Å². The van der Waals surface area contributed by atoms with Gasteiger partial charge in [0.15, 0.2) is 0 Å². The van der Waals surface area contributed by atoms with Gasteiger partial charge in [0.05, 0.1) is 12.5 Å². The van der Waals surface area contributed by atoms with Gasteiger partial charge in [0, 0.05) is 50.3 Å². The van der Waals surface area contributed by atoms with Crippen LogP contribution in [0.15, 0.2) is 67.0 Å². The van der Waals surface area contributed by atoms with E-state index >= 15 is 0 Å². The molecule has 3 heterocycles. The molecule has 1 aromatic heterocycles. The van der Waals surface area contributed by atoms with Crippen LogP contribution in [0.4, 0.5) is 23.5 Å². The summed E-state index contributed by atoms with van der Waals surface area (Å²) in [7, 11) is 0. The number of benzene rings is 2. The van der Waals surface area contributed by atoms with Gasteiger partial charge >= 0.3 is 12.1 Å². The largest absolute Gasteiger partial charge is 0.490 e. The fourth-order valence-electron chi connectivity index (χ4n) is 4.70. The monoisotopic (exact) mass is 546 g/mol. The van der Waals surface area contributed by atoms with E-state index in [-0.39, 0.29) is 29.8 Å². The van der Waals surface area contributed by atoms with Crippen LogP contribution in [0.25, 0.3) is 0 Å². The molecule has 3 aromatic rings. The molecule has 39 heavy (non-hydrogen) atoms. The second-order valence-electron chi connectivity index (χ2n) is 9.29. The molecule has 1 unspecified atom stereocenters. The van der Waals surface area contributed by atoms with Gasteiger partial charge in [-0.3, -0.25) is 4.79 Å². The number of aliphatic carboxylic acids is 1. The Balaban J connectivity index is 0.000000448. The summed E-state index contributed by atoms with van der Waals surface area (Å²) in [5.74, 6) is -1.66. The van der Waals surface area contributed by atoms with Crippen LogP contribution in [-0.2, 0) is 16.0 Å². The zero-order chi connectivity index (χ0) is 28.0. The minimum Gasteiger partial charge on any atom is -0.487 e. The highest BCUT2D eigenvalue weighted by Gasteiger charge is 2.44. The van der Waals surface area contributed by atoms with Crippen LogP contribution in [-0.4, -0.2) is 51.8 Å². The molecule has 1 atom stereocenters. The van der Waals surface area contributed by atoms with Crippen LogP contribution < -0.4 is 15.0 Å². The fourth-order valence-corrected chi connectivity index (χ4v) is 4.70. The Hall–Kier alpha value is -4.22. The summed E-state index contributed by atoms with van der Waals surface area (Å²) >= 11 is 0. The molecule has 1 spiro atoms. The lowest BCUT2D eigenvalue weighted by atomic mass is 9.80. The van der Waals surface area contributed by atoms with Gasteiger partial charge in [-0.05, 0) is 29.8 Å². The molecule has 0 radical (unpaired) electrons. The zero-order valence-corrected chi connectivity index (χ0v) is 20.7. The Morgan fingerprint density at radius 2 is 1.72 bits per heavy atom. The molecular formula is C27H26F4N4O4. The Morgan fingerprint density at radius 3 is 2.36 bits per heavy atom. The number of aromatic nitrogens is 2. The van der Waals surface area contributed by atoms with Crippen LogP contribution in [0.2, 0.25) is 0 Å². The standard InChI is InChI=1S/C25H25FN4O2.C2HF3O2/c26-19-6-3-5-18(15-19)16-23(31)29-21-17-25(32-22-8-2-1-7-20(21)22)9-13-30(14-10-25)24-27-11-4-12-28-24;3-2(4,5)1(6)7/h1-8,11-12,15,21H,9-10,13-14,16-17H2,(H,29,31);(H,6,7). The normalized spacial score (nSPS) is 17.7. The second kappa shape index (κ2) is 11.7. The molecule has 2 aromatic carbocycles. The molecule has 2 N–H and O–H groups in total. The van der Waals surface area contributed by atoms with Crippen LogP contribution in [0.1, 0.15) is 36.4 Å². The van der Waals surface area contributed by atoms with Crippen LogP contribution in [0, 0.1) is 5.82 Å². The first kappa shape index (κ1) is 27.8. The number of carboxylic acids is 1. The molecule has 1 fully saturated rings. The number of alkyl halides is 3. The van der Waals surface area contributed by atoms with Crippen LogP contribution in [0.5, 0.6) is 5.75 Å². The lowest BCUT2D eigenvalue weighted by Crippen LogP contribution is -2.52. The highest BCUT2D eigenvalue weighted by molar-refractivity contribution is 5.79. The van der Waals surface area contributed by atoms with Gasteiger partial charge in [-0.25, -0.2) is 19.2 Å². The summed E-state index contributed by atoms with van der Waals surface area (Å²) in [5, 5.41) is 10.3. The maximum Gasteiger partial charge on any atom is 0.490 e. The number of nitrogens with one attached hydrogen (secondary N) is 1. The van der Waals surface area contributed by atoms with E-state index < -0.39 is 12.1 Å². The Labute approximate surface area is 221 Å². The molecule has 206 valence electrons. The number of carbonyl (C=O) groups is 2. The van der Waals surface area contributed by atoms with Gasteiger partial charge in [-0.2, -0.15) is 13.2 Å². The first-order valence-electron chi connectivity index (χ1n) is 12.2.